The first-order chi connectivity index (χ1) is 4.72. The van der Waals surface area contributed by atoms with E-state index in [1.807, 2.05) is 19.9 Å². The summed E-state index contributed by atoms with van der Waals surface area (Å²) >= 11 is 0. The van der Waals surface area contributed by atoms with Crippen molar-refractivity contribution in [2.45, 2.75) is 20.3 Å². The summed E-state index contributed by atoms with van der Waals surface area (Å²) in [5, 5.41) is 0. The van der Waals surface area contributed by atoms with Gasteiger partial charge < -0.3 is 0 Å². The van der Waals surface area contributed by atoms with Gasteiger partial charge in [-0.15, -0.1) is 5.73 Å². The summed E-state index contributed by atoms with van der Waals surface area (Å²) in [7, 11) is 0. The van der Waals surface area contributed by atoms with E-state index in [2.05, 4.69) is 25.0 Å². The fraction of sp³-hybridized carbons (Fsp3) is 0.300. The van der Waals surface area contributed by atoms with Gasteiger partial charge in [0.25, 0.3) is 0 Å². The third-order valence-corrected chi connectivity index (χ3v) is 1.29. The normalized spacial score (nSPS) is 9.40. The molecule has 0 atom stereocenters. The Bertz CT molecular complexity index is 188. The molecule has 0 aromatic heterocycles. The van der Waals surface area contributed by atoms with Gasteiger partial charge in [-0.2, -0.15) is 0 Å². The van der Waals surface area contributed by atoms with Crippen molar-refractivity contribution in [1.82, 2.24) is 0 Å². The van der Waals surface area contributed by atoms with Crippen LogP contribution in [0.3, 0.4) is 0 Å². The molecule has 0 aliphatic heterocycles. The molecule has 10 heavy (non-hydrogen) atoms. The van der Waals surface area contributed by atoms with Gasteiger partial charge in [0.2, 0.25) is 0 Å². The first kappa shape index (κ1) is 9.00. The highest BCUT2D eigenvalue weighted by atomic mass is 13.9. The van der Waals surface area contributed by atoms with Gasteiger partial charge in [-0.25, -0.2) is 0 Å². The molecular formula is C10H14. The first-order valence-electron chi connectivity index (χ1n) is 3.38. The Hall–Kier alpha value is -1.00. The SMILES string of the molecule is C=C=C(CC=CC)C(=C)C. The molecule has 0 radical (unpaired) electrons. The molecule has 0 nitrogen and oxygen atoms in total. The van der Waals surface area contributed by atoms with Gasteiger partial charge in [-0.1, -0.05) is 25.3 Å². The summed E-state index contributed by atoms with van der Waals surface area (Å²) in [5.41, 5.74) is 5.00. The second-order valence-electron chi connectivity index (χ2n) is 2.21. The van der Waals surface area contributed by atoms with Crippen molar-refractivity contribution < 1.29 is 0 Å². The Morgan fingerprint density at radius 3 is 2.50 bits per heavy atom. The van der Waals surface area contributed by atoms with Crippen molar-refractivity contribution in [3.05, 3.63) is 42.2 Å². The molecule has 0 saturated heterocycles. The standard InChI is InChI=1S/C10H14/c1-5-7-8-10(6-2)9(3)4/h5,7H,2-3,8H2,1,4H3. The molecule has 0 aromatic rings. The van der Waals surface area contributed by atoms with Crippen LogP contribution in [-0.4, -0.2) is 0 Å². The van der Waals surface area contributed by atoms with Gasteiger partial charge in [0.05, 0.1) is 0 Å². The summed E-state index contributed by atoms with van der Waals surface area (Å²) < 4.78 is 0. The smallest absolute Gasteiger partial charge is 0.000560 e. The van der Waals surface area contributed by atoms with Gasteiger partial charge in [0, 0.05) is 0 Å². The van der Waals surface area contributed by atoms with E-state index in [-0.39, 0.29) is 0 Å². The van der Waals surface area contributed by atoms with Gasteiger partial charge in [-0.05, 0) is 31.4 Å². The summed E-state index contributed by atoms with van der Waals surface area (Å²) in [6.45, 7) is 11.4. The van der Waals surface area contributed by atoms with Gasteiger partial charge in [0.1, 0.15) is 0 Å². The van der Waals surface area contributed by atoms with Crippen LogP contribution in [0.25, 0.3) is 0 Å². The fourth-order valence-corrected chi connectivity index (χ4v) is 0.633. The van der Waals surface area contributed by atoms with Crippen LogP contribution >= 0.6 is 0 Å². The predicted molar refractivity (Wildman–Crippen MR) is 46.9 cm³/mol. The Morgan fingerprint density at radius 1 is 1.60 bits per heavy atom. The van der Waals surface area contributed by atoms with Gasteiger partial charge in [-0.3, -0.25) is 0 Å². The monoisotopic (exact) mass is 134 g/mol. The molecule has 54 valence electrons. The molecular weight excluding hydrogens is 120 g/mol. The Morgan fingerprint density at radius 2 is 2.20 bits per heavy atom. The maximum Gasteiger partial charge on any atom is -0.000560 e. The maximum absolute atomic E-state index is 3.81. The number of rotatable bonds is 3. The molecule has 0 unspecified atom stereocenters. The molecule has 0 bridgehead atoms. The molecule has 0 saturated carbocycles. The van der Waals surface area contributed by atoms with Crippen LogP contribution in [0.1, 0.15) is 20.3 Å². The third kappa shape index (κ3) is 3.11. The minimum absolute atomic E-state index is 0.898. The lowest BCUT2D eigenvalue weighted by Gasteiger charge is -1.97. The van der Waals surface area contributed by atoms with Gasteiger partial charge in [0.15, 0.2) is 0 Å². The quantitative estimate of drug-likeness (QED) is 0.316. The second kappa shape index (κ2) is 4.84. The average molecular weight is 134 g/mol. The topological polar surface area (TPSA) is 0 Å². The molecule has 0 N–H and O–H groups in total. The van der Waals surface area contributed by atoms with E-state index < -0.39 is 0 Å². The zero-order valence-corrected chi connectivity index (χ0v) is 6.78. The largest absolute Gasteiger partial charge is 0.125 e. The summed E-state index contributed by atoms with van der Waals surface area (Å²) in [4.78, 5) is 0. The number of allylic oxidation sites excluding steroid dienone is 4. The molecule has 0 aliphatic carbocycles. The van der Waals surface area contributed by atoms with E-state index in [0.717, 1.165) is 17.6 Å². The lowest BCUT2D eigenvalue weighted by Crippen LogP contribution is -1.78. The summed E-state index contributed by atoms with van der Waals surface area (Å²) in [5.74, 6) is 0. The van der Waals surface area contributed by atoms with Crippen LogP contribution in [-0.2, 0) is 0 Å². The van der Waals surface area contributed by atoms with E-state index in [1.165, 1.54) is 0 Å². The second-order valence-corrected chi connectivity index (χ2v) is 2.21. The van der Waals surface area contributed by atoms with E-state index in [4.69, 9.17) is 0 Å². The zero-order chi connectivity index (χ0) is 7.98. The van der Waals surface area contributed by atoms with Crippen LogP contribution in [0.2, 0.25) is 0 Å². The highest BCUT2D eigenvalue weighted by Crippen LogP contribution is 2.09. The summed E-state index contributed by atoms with van der Waals surface area (Å²) in [6, 6.07) is 0. The average Bonchev–Trinajstić information content (AvgIpc) is 1.89. The molecule has 0 rings (SSSR count). The van der Waals surface area contributed by atoms with E-state index >= 15 is 0 Å². The zero-order valence-electron chi connectivity index (χ0n) is 6.78. The van der Waals surface area contributed by atoms with Crippen molar-refractivity contribution in [3.8, 4) is 0 Å². The van der Waals surface area contributed by atoms with Crippen molar-refractivity contribution in [2.75, 3.05) is 0 Å². The molecule has 0 heterocycles. The van der Waals surface area contributed by atoms with Crippen LogP contribution in [0.4, 0.5) is 0 Å². The highest BCUT2D eigenvalue weighted by molar-refractivity contribution is 5.26. The fourth-order valence-electron chi connectivity index (χ4n) is 0.633. The Balaban J connectivity index is 4.13. The Labute approximate surface area is 63.3 Å². The lowest BCUT2D eigenvalue weighted by atomic mass is 10.1. The van der Waals surface area contributed by atoms with E-state index in [0.29, 0.717) is 0 Å². The minimum Gasteiger partial charge on any atom is -0.125 e. The lowest BCUT2D eigenvalue weighted by molar-refractivity contribution is 1.22. The van der Waals surface area contributed by atoms with Crippen molar-refractivity contribution in [3.63, 3.8) is 0 Å². The third-order valence-electron chi connectivity index (χ3n) is 1.29. The van der Waals surface area contributed by atoms with E-state index in [9.17, 15) is 0 Å². The van der Waals surface area contributed by atoms with Gasteiger partial charge >= 0.3 is 0 Å². The summed E-state index contributed by atoms with van der Waals surface area (Å²) in [6.07, 6.45) is 4.98. The van der Waals surface area contributed by atoms with Crippen LogP contribution in [0.15, 0.2) is 42.2 Å². The molecule has 0 spiro atoms. The molecule has 0 amide bonds. The molecule has 0 aliphatic rings. The maximum atomic E-state index is 3.81. The molecule has 0 heteroatoms. The van der Waals surface area contributed by atoms with Crippen LogP contribution in [0, 0.1) is 0 Å². The van der Waals surface area contributed by atoms with Crippen LogP contribution < -0.4 is 0 Å². The number of hydrogen-bond donors (Lipinski definition) is 0. The minimum atomic E-state index is 0.898. The first-order valence-corrected chi connectivity index (χ1v) is 3.38. The highest BCUT2D eigenvalue weighted by Gasteiger charge is 1.90. The Kier molecular flexibility index (Phi) is 4.36. The van der Waals surface area contributed by atoms with Crippen molar-refractivity contribution >= 4 is 0 Å². The molecule has 0 fully saturated rings. The van der Waals surface area contributed by atoms with Crippen molar-refractivity contribution in [1.29, 1.82) is 0 Å². The van der Waals surface area contributed by atoms with Crippen LogP contribution in [0.5, 0.6) is 0 Å². The van der Waals surface area contributed by atoms with Crippen molar-refractivity contribution in [2.24, 2.45) is 0 Å². The molecule has 0 aromatic carbocycles. The van der Waals surface area contributed by atoms with E-state index in [1.54, 1.807) is 0 Å². The predicted octanol–water partition coefficient (Wildman–Crippen LogP) is 3.24. The number of hydrogen-bond acceptors (Lipinski definition) is 0.